The van der Waals surface area contributed by atoms with E-state index in [1.54, 1.807) is 12.0 Å². The van der Waals surface area contributed by atoms with E-state index in [1.807, 2.05) is 41.8 Å². The van der Waals surface area contributed by atoms with E-state index in [4.69, 9.17) is 4.74 Å². The quantitative estimate of drug-likeness (QED) is 0.635. The van der Waals surface area contributed by atoms with Crippen molar-refractivity contribution in [2.24, 2.45) is 5.92 Å². The van der Waals surface area contributed by atoms with Gasteiger partial charge in [0.15, 0.2) is 0 Å². The van der Waals surface area contributed by atoms with E-state index in [2.05, 4.69) is 24.0 Å². The van der Waals surface area contributed by atoms with Gasteiger partial charge in [-0.05, 0) is 41.6 Å². The highest BCUT2D eigenvalue weighted by molar-refractivity contribution is 7.18. The Morgan fingerprint density at radius 1 is 1.20 bits per heavy atom. The van der Waals surface area contributed by atoms with Crippen LogP contribution < -0.4 is 9.64 Å². The van der Waals surface area contributed by atoms with E-state index in [9.17, 15) is 4.79 Å². The summed E-state index contributed by atoms with van der Waals surface area (Å²) in [6, 6.07) is 11.4. The second-order valence-electron chi connectivity index (χ2n) is 5.91. The van der Waals surface area contributed by atoms with Gasteiger partial charge in [0, 0.05) is 12.1 Å². The van der Waals surface area contributed by atoms with Crippen LogP contribution >= 0.6 is 22.7 Å². The number of rotatable bonds is 6. The van der Waals surface area contributed by atoms with Crippen LogP contribution in [-0.2, 0) is 0 Å². The summed E-state index contributed by atoms with van der Waals surface area (Å²) in [5.41, 5.74) is 0.956. The van der Waals surface area contributed by atoms with Crippen LogP contribution in [0, 0.1) is 5.92 Å². The summed E-state index contributed by atoms with van der Waals surface area (Å²) in [5, 5.41) is 11.8. The zero-order valence-electron chi connectivity index (χ0n) is 14.3. The fraction of sp³-hybridized carbons (Fsp3) is 0.278. The van der Waals surface area contributed by atoms with Crippen LogP contribution in [0.4, 0.5) is 5.13 Å². The average Bonchev–Trinajstić information content (AvgIpc) is 3.31. The van der Waals surface area contributed by atoms with Crippen LogP contribution in [0.5, 0.6) is 5.75 Å². The zero-order valence-corrected chi connectivity index (χ0v) is 15.9. The van der Waals surface area contributed by atoms with Crippen LogP contribution in [0.3, 0.4) is 0 Å². The SMILES string of the molecule is COc1ccc(-c2nnc(N(CC(C)C)C(=O)c3cccs3)s2)cc1. The van der Waals surface area contributed by atoms with Crippen molar-refractivity contribution < 1.29 is 9.53 Å². The lowest BCUT2D eigenvalue weighted by atomic mass is 10.2. The largest absolute Gasteiger partial charge is 0.497 e. The van der Waals surface area contributed by atoms with Gasteiger partial charge in [-0.25, -0.2) is 0 Å². The molecule has 0 saturated carbocycles. The number of carbonyl (C=O) groups excluding carboxylic acids is 1. The molecule has 0 fully saturated rings. The molecule has 130 valence electrons. The molecule has 7 heteroatoms. The van der Waals surface area contributed by atoms with Crippen LogP contribution in [0.1, 0.15) is 23.5 Å². The van der Waals surface area contributed by atoms with Crippen molar-refractivity contribution >= 4 is 33.7 Å². The van der Waals surface area contributed by atoms with E-state index < -0.39 is 0 Å². The molecule has 0 radical (unpaired) electrons. The number of benzene rings is 1. The van der Waals surface area contributed by atoms with Crippen molar-refractivity contribution in [3.05, 3.63) is 46.7 Å². The molecule has 3 rings (SSSR count). The zero-order chi connectivity index (χ0) is 17.8. The first kappa shape index (κ1) is 17.6. The van der Waals surface area contributed by atoms with Crippen molar-refractivity contribution in [2.45, 2.75) is 13.8 Å². The molecule has 0 aliphatic carbocycles. The van der Waals surface area contributed by atoms with Gasteiger partial charge in [-0.3, -0.25) is 9.69 Å². The first-order valence-corrected chi connectivity index (χ1v) is 9.61. The summed E-state index contributed by atoms with van der Waals surface area (Å²) in [5.74, 6) is 1.10. The predicted octanol–water partition coefficient (Wildman–Crippen LogP) is 4.58. The summed E-state index contributed by atoms with van der Waals surface area (Å²) < 4.78 is 5.18. The Kier molecular flexibility index (Phi) is 5.45. The molecule has 25 heavy (non-hydrogen) atoms. The number of carbonyl (C=O) groups is 1. The molecule has 0 atom stereocenters. The first-order valence-electron chi connectivity index (χ1n) is 7.91. The molecule has 3 aromatic rings. The molecular formula is C18H19N3O2S2. The smallest absolute Gasteiger partial charge is 0.270 e. The van der Waals surface area contributed by atoms with Gasteiger partial charge in [0.2, 0.25) is 5.13 Å². The number of hydrogen-bond acceptors (Lipinski definition) is 6. The molecule has 2 aromatic heterocycles. The van der Waals surface area contributed by atoms with Gasteiger partial charge in [-0.15, -0.1) is 21.5 Å². The molecule has 0 aliphatic rings. The summed E-state index contributed by atoms with van der Waals surface area (Å²) in [6.07, 6.45) is 0. The van der Waals surface area contributed by atoms with E-state index in [1.165, 1.54) is 22.7 Å². The van der Waals surface area contributed by atoms with Gasteiger partial charge < -0.3 is 4.74 Å². The third-order valence-corrected chi connectivity index (χ3v) is 5.36. The first-order chi connectivity index (χ1) is 12.1. The Balaban J connectivity index is 1.89. The third kappa shape index (κ3) is 4.05. The summed E-state index contributed by atoms with van der Waals surface area (Å²) >= 11 is 2.86. The van der Waals surface area contributed by atoms with Crippen LogP contribution in [0.25, 0.3) is 10.6 Å². The van der Waals surface area contributed by atoms with Gasteiger partial charge in [0.1, 0.15) is 10.8 Å². The Bertz CT molecular complexity index is 826. The lowest BCUT2D eigenvalue weighted by Crippen LogP contribution is -2.33. The van der Waals surface area contributed by atoms with Crippen LogP contribution in [-0.4, -0.2) is 29.8 Å². The summed E-state index contributed by atoms with van der Waals surface area (Å²) in [4.78, 5) is 15.3. The third-order valence-electron chi connectivity index (χ3n) is 3.51. The molecule has 5 nitrogen and oxygen atoms in total. The van der Waals surface area contributed by atoms with Gasteiger partial charge >= 0.3 is 0 Å². The minimum atomic E-state index is -0.0267. The van der Waals surface area contributed by atoms with Gasteiger partial charge in [-0.2, -0.15) is 0 Å². The van der Waals surface area contributed by atoms with Gasteiger partial charge in [-0.1, -0.05) is 31.3 Å². The number of methoxy groups -OCH3 is 1. The highest BCUT2D eigenvalue weighted by atomic mass is 32.1. The number of hydrogen-bond donors (Lipinski definition) is 0. The van der Waals surface area contributed by atoms with Crippen molar-refractivity contribution in [1.82, 2.24) is 10.2 Å². The molecule has 0 N–H and O–H groups in total. The van der Waals surface area contributed by atoms with E-state index in [0.29, 0.717) is 22.5 Å². The fourth-order valence-corrected chi connectivity index (χ4v) is 3.85. The maximum atomic E-state index is 12.8. The van der Waals surface area contributed by atoms with Crippen molar-refractivity contribution in [3.63, 3.8) is 0 Å². The topological polar surface area (TPSA) is 55.3 Å². The Hall–Kier alpha value is -2.25. The average molecular weight is 374 g/mol. The van der Waals surface area contributed by atoms with Crippen LogP contribution in [0.15, 0.2) is 41.8 Å². The molecule has 1 aromatic carbocycles. The minimum absolute atomic E-state index is 0.0267. The normalized spacial score (nSPS) is 10.9. The Morgan fingerprint density at radius 2 is 1.96 bits per heavy atom. The number of nitrogens with zero attached hydrogens (tertiary/aromatic N) is 3. The monoisotopic (exact) mass is 373 g/mol. The lowest BCUT2D eigenvalue weighted by Gasteiger charge is -2.20. The second-order valence-corrected chi connectivity index (χ2v) is 7.81. The highest BCUT2D eigenvalue weighted by Gasteiger charge is 2.23. The molecule has 0 unspecified atom stereocenters. The highest BCUT2D eigenvalue weighted by Crippen LogP contribution is 2.31. The van der Waals surface area contributed by atoms with Crippen molar-refractivity contribution in [2.75, 3.05) is 18.6 Å². The molecule has 2 heterocycles. The standard InChI is InChI=1S/C18H19N3O2S2/c1-12(2)11-21(17(22)15-5-4-10-24-15)18-20-19-16(25-18)13-6-8-14(23-3)9-7-13/h4-10,12H,11H2,1-3H3. The number of amides is 1. The van der Waals surface area contributed by atoms with Gasteiger partial charge in [0.25, 0.3) is 5.91 Å². The fourth-order valence-electron chi connectivity index (χ4n) is 2.32. The molecule has 1 amide bonds. The molecule has 0 aliphatic heterocycles. The summed E-state index contributed by atoms with van der Waals surface area (Å²) in [6.45, 7) is 4.77. The number of anilines is 1. The molecular weight excluding hydrogens is 354 g/mol. The molecule has 0 bridgehead atoms. The Morgan fingerprint density at radius 3 is 2.56 bits per heavy atom. The van der Waals surface area contributed by atoms with Crippen LogP contribution in [0.2, 0.25) is 0 Å². The maximum Gasteiger partial charge on any atom is 0.270 e. The van der Waals surface area contributed by atoms with E-state index in [0.717, 1.165) is 16.3 Å². The van der Waals surface area contributed by atoms with Crippen molar-refractivity contribution in [3.8, 4) is 16.3 Å². The minimum Gasteiger partial charge on any atom is -0.497 e. The molecule has 0 spiro atoms. The van der Waals surface area contributed by atoms with E-state index >= 15 is 0 Å². The van der Waals surface area contributed by atoms with Crippen molar-refractivity contribution in [1.29, 1.82) is 0 Å². The Labute approximate surface area is 154 Å². The van der Waals surface area contributed by atoms with Gasteiger partial charge in [0.05, 0.1) is 12.0 Å². The predicted molar refractivity (Wildman–Crippen MR) is 103 cm³/mol. The van der Waals surface area contributed by atoms with E-state index in [-0.39, 0.29) is 5.91 Å². The number of thiophene rings is 1. The maximum absolute atomic E-state index is 12.8. The number of aromatic nitrogens is 2. The number of ether oxygens (including phenoxy) is 1. The lowest BCUT2D eigenvalue weighted by molar-refractivity contribution is 0.0987. The molecule has 0 saturated heterocycles. The summed E-state index contributed by atoms with van der Waals surface area (Å²) in [7, 11) is 1.64. The second kappa shape index (κ2) is 7.76.